The van der Waals surface area contributed by atoms with E-state index < -0.39 is 5.92 Å². The van der Waals surface area contributed by atoms with Gasteiger partial charge in [-0.05, 0) is 5.56 Å². The average Bonchev–Trinajstić information content (AvgIpc) is 2.42. The summed E-state index contributed by atoms with van der Waals surface area (Å²) < 4.78 is 5.18. The van der Waals surface area contributed by atoms with Crippen LogP contribution >= 0.6 is 0 Å². The van der Waals surface area contributed by atoms with Gasteiger partial charge in [0.2, 0.25) is 0 Å². The van der Waals surface area contributed by atoms with Crippen LogP contribution in [0.3, 0.4) is 0 Å². The predicted octanol–water partition coefficient (Wildman–Crippen LogP) is 2.23. The number of ether oxygens (including phenoxy) is 1. The summed E-state index contributed by atoms with van der Waals surface area (Å²) in [4.78, 5) is 0. The van der Waals surface area contributed by atoms with E-state index >= 15 is 0 Å². The smallest absolute Gasteiger partial charge is 0.130 e. The molecule has 0 saturated carbocycles. The fourth-order valence-corrected chi connectivity index (χ4v) is 2.17. The first kappa shape index (κ1) is 13.2. The summed E-state index contributed by atoms with van der Waals surface area (Å²) in [6.07, 6.45) is 0. The number of aromatic hydroxyl groups is 2. The third-order valence-corrected chi connectivity index (χ3v) is 3.06. The van der Waals surface area contributed by atoms with Crippen LogP contribution < -0.4 is 4.74 Å². The maximum atomic E-state index is 10.0. The Kier molecular flexibility index (Phi) is 3.92. The van der Waals surface area contributed by atoms with E-state index in [4.69, 9.17) is 4.74 Å². The SMILES string of the molecule is COc1cc(O)cc(O)c1C(CO)c1ccccc1. The van der Waals surface area contributed by atoms with E-state index in [0.29, 0.717) is 11.3 Å². The van der Waals surface area contributed by atoms with Gasteiger partial charge in [-0.15, -0.1) is 0 Å². The van der Waals surface area contributed by atoms with Crippen molar-refractivity contribution in [3.63, 3.8) is 0 Å². The van der Waals surface area contributed by atoms with E-state index in [1.807, 2.05) is 30.3 Å². The first-order chi connectivity index (χ1) is 9.17. The van der Waals surface area contributed by atoms with Gasteiger partial charge < -0.3 is 20.1 Å². The van der Waals surface area contributed by atoms with Crippen molar-refractivity contribution in [3.05, 3.63) is 53.6 Å². The summed E-state index contributed by atoms with van der Waals surface area (Å²) >= 11 is 0. The van der Waals surface area contributed by atoms with Crippen LogP contribution in [0.5, 0.6) is 17.2 Å². The summed E-state index contributed by atoms with van der Waals surface area (Å²) in [5.41, 5.74) is 1.33. The molecular weight excluding hydrogens is 244 g/mol. The molecule has 0 aliphatic carbocycles. The van der Waals surface area contributed by atoms with Gasteiger partial charge in [0.1, 0.15) is 17.2 Å². The van der Waals surface area contributed by atoms with Gasteiger partial charge in [0.25, 0.3) is 0 Å². The number of aliphatic hydroxyl groups excluding tert-OH is 1. The fourth-order valence-electron chi connectivity index (χ4n) is 2.17. The van der Waals surface area contributed by atoms with Gasteiger partial charge in [-0.3, -0.25) is 0 Å². The Hall–Kier alpha value is -2.20. The molecule has 2 aromatic carbocycles. The van der Waals surface area contributed by atoms with E-state index in [1.54, 1.807) is 0 Å². The van der Waals surface area contributed by atoms with Crippen molar-refractivity contribution >= 4 is 0 Å². The number of rotatable bonds is 4. The van der Waals surface area contributed by atoms with Gasteiger partial charge in [0.15, 0.2) is 0 Å². The van der Waals surface area contributed by atoms with E-state index in [-0.39, 0.29) is 18.1 Å². The molecule has 1 atom stereocenters. The van der Waals surface area contributed by atoms with Gasteiger partial charge in [-0.1, -0.05) is 30.3 Å². The van der Waals surface area contributed by atoms with Crippen LogP contribution in [0.15, 0.2) is 42.5 Å². The second-order valence-corrected chi connectivity index (χ2v) is 4.23. The molecule has 0 saturated heterocycles. The lowest BCUT2D eigenvalue weighted by Crippen LogP contribution is -2.08. The summed E-state index contributed by atoms with van der Waals surface area (Å²) in [6.45, 7) is -0.168. The summed E-state index contributed by atoms with van der Waals surface area (Å²) in [5, 5.41) is 29.1. The first-order valence-corrected chi connectivity index (χ1v) is 5.93. The molecule has 19 heavy (non-hydrogen) atoms. The Labute approximate surface area is 111 Å². The highest BCUT2D eigenvalue weighted by molar-refractivity contribution is 5.54. The van der Waals surface area contributed by atoms with Gasteiger partial charge >= 0.3 is 0 Å². The molecule has 0 aromatic heterocycles. The minimum atomic E-state index is -0.406. The van der Waals surface area contributed by atoms with Crippen LogP contribution in [0.2, 0.25) is 0 Å². The number of aliphatic hydroxyl groups is 1. The molecule has 100 valence electrons. The van der Waals surface area contributed by atoms with Gasteiger partial charge in [-0.25, -0.2) is 0 Å². The van der Waals surface area contributed by atoms with E-state index in [2.05, 4.69) is 0 Å². The lowest BCUT2D eigenvalue weighted by molar-refractivity contribution is 0.274. The first-order valence-electron chi connectivity index (χ1n) is 5.93. The van der Waals surface area contributed by atoms with Crippen molar-refractivity contribution in [3.8, 4) is 17.2 Å². The summed E-state index contributed by atoms with van der Waals surface area (Å²) in [6, 6.07) is 12.0. The monoisotopic (exact) mass is 260 g/mol. The minimum absolute atomic E-state index is 0.0807. The van der Waals surface area contributed by atoms with Crippen LogP contribution in [0, 0.1) is 0 Å². The largest absolute Gasteiger partial charge is 0.508 e. The number of methoxy groups -OCH3 is 1. The number of hydrogen-bond acceptors (Lipinski definition) is 4. The molecule has 0 aliphatic rings. The van der Waals surface area contributed by atoms with Crippen LogP contribution in [-0.4, -0.2) is 29.0 Å². The van der Waals surface area contributed by atoms with E-state index in [9.17, 15) is 15.3 Å². The fraction of sp³-hybridized carbons (Fsp3) is 0.200. The minimum Gasteiger partial charge on any atom is -0.508 e. The van der Waals surface area contributed by atoms with Crippen molar-refractivity contribution < 1.29 is 20.1 Å². The number of hydrogen-bond donors (Lipinski definition) is 3. The molecule has 0 radical (unpaired) electrons. The zero-order chi connectivity index (χ0) is 13.8. The zero-order valence-corrected chi connectivity index (χ0v) is 10.6. The Balaban J connectivity index is 2.55. The zero-order valence-electron chi connectivity index (χ0n) is 10.6. The molecule has 2 rings (SSSR count). The van der Waals surface area contributed by atoms with Crippen molar-refractivity contribution in [2.45, 2.75) is 5.92 Å². The summed E-state index contributed by atoms with van der Waals surface area (Å²) in [5.74, 6) is -0.236. The molecule has 3 N–H and O–H groups in total. The van der Waals surface area contributed by atoms with Crippen molar-refractivity contribution in [2.75, 3.05) is 13.7 Å². The van der Waals surface area contributed by atoms with Crippen LogP contribution in [0.25, 0.3) is 0 Å². The van der Waals surface area contributed by atoms with Crippen molar-refractivity contribution in [2.24, 2.45) is 0 Å². The predicted molar refractivity (Wildman–Crippen MR) is 71.7 cm³/mol. The molecule has 4 nitrogen and oxygen atoms in total. The lowest BCUT2D eigenvalue weighted by Gasteiger charge is -2.19. The highest BCUT2D eigenvalue weighted by Gasteiger charge is 2.22. The molecule has 4 heteroatoms. The normalized spacial score (nSPS) is 12.1. The topological polar surface area (TPSA) is 69.9 Å². The second kappa shape index (κ2) is 5.63. The molecule has 2 aromatic rings. The van der Waals surface area contributed by atoms with E-state index in [0.717, 1.165) is 5.56 Å². The van der Waals surface area contributed by atoms with Crippen LogP contribution in [-0.2, 0) is 0 Å². The van der Waals surface area contributed by atoms with Gasteiger partial charge in [0, 0.05) is 23.6 Å². The molecule has 0 heterocycles. The molecule has 0 spiro atoms. The van der Waals surface area contributed by atoms with Crippen molar-refractivity contribution in [1.82, 2.24) is 0 Å². The number of phenolic OH excluding ortho intramolecular Hbond substituents is 2. The molecule has 1 unspecified atom stereocenters. The quantitative estimate of drug-likeness (QED) is 0.788. The van der Waals surface area contributed by atoms with E-state index in [1.165, 1.54) is 19.2 Å². The Morgan fingerprint density at radius 2 is 1.79 bits per heavy atom. The summed E-state index contributed by atoms with van der Waals surface area (Å²) in [7, 11) is 1.46. The highest BCUT2D eigenvalue weighted by atomic mass is 16.5. The van der Waals surface area contributed by atoms with Crippen LogP contribution in [0.1, 0.15) is 17.0 Å². The maximum absolute atomic E-state index is 10.0. The Morgan fingerprint density at radius 1 is 1.11 bits per heavy atom. The standard InChI is InChI=1S/C15H16O4/c1-19-14-8-11(17)7-13(18)15(14)12(9-16)10-5-3-2-4-6-10/h2-8,12,16-18H,9H2,1H3. The molecule has 0 amide bonds. The third-order valence-electron chi connectivity index (χ3n) is 3.06. The average molecular weight is 260 g/mol. The molecule has 0 fully saturated rings. The molecule has 0 bridgehead atoms. The second-order valence-electron chi connectivity index (χ2n) is 4.23. The molecular formula is C15H16O4. The maximum Gasteiger partial charge on any atom is 0.130 e. The number of benzene rings is 2. The van der Waals surface area contributed by atoms with Gasteiger partial charge in [0.05, 0.1) is 13.7 Å². The molecule has 0 aliphatic heterocycles. The highest BCUT2D eigenvalue weighted by Crippen LogP contribution is 2.40. The number of phenols is 2. The third kappa shape index (κ3) is 2.63. The van der Waals surface area contributed by atoms with Gasteiger partial charge in [-0.2, -0.15) is 0 Å². The Morgan fingerprint density at radius 3 is 2.37 bits per heavy atom. The van der Waals surface area contributed by atoms with Crippen molar-refractivity contribution in [1.29, 1.82) is 0 Å². The van der Waals surface area contributed by atoms with Crippen LogP contribution in [0.4, 0.5) is 0 Å². The Bertz CT molecular complexity index is 552. The lowest BCUT2D eigenvalue weighted by atomic mass is 9.90.